The molecule has 21 heavy (non-hydrogen) atoms. The molecule has 1 unspecified atom stereocenters. The second-order valence-corrected chi connectivity index (χ2v) is 6.14. The minimum Gasteiger partial charge on any atom is -0.465 e. The van der Waals surface area contributed by atoms with Gasteiger partial charge in [0.1, 0.15) is 5.60 Å². The lowest BCUT2D eigenvalue weighted by Crippen LogP contribution is -2.39. The molecule has 0 aromatic carbocycles. The molecule has 0 aromatic heterocycles. The highest BCUT2D eigenvalue weighted by Gasteiger charge is 2.38. The Morgan fingerprint density at radius 3 is 2.24 bits per heavy atom. The summed E-state index contributed by atoms with van der Waals surface area (Å²) in [5.41, 5.74) is 3.98. The number of nitrogens with two attached hydrogens (primary N) is 1. The van der Waals surface area contributed by atoms with E-state index in [1.165, 1.54) is 0 Å². The topological polar surface area (TPSA) is 98.9 Å². The number of ether oxygens (including phenoxy) is 2. The highest BCUT2D eigenvalue weighted by molar-refractivity contribution is 5.77. The third-order valence-electron chi connectivity index (χ3n) is 3.09. The van der Waals surface area contributed by atoms with Crippen molar-refractivity contribution >= 4 is 11.9 Å². The van der Waals surface area contributed by atoms with Crippen LogP contribution in [0, 0.1) is 5.41 Å². The third-order valence-corrected chi connectivity index (χ3v) is 3.09. The number of esters is 2. The molecule has 3 N–H and O–H groups in total. The molecule has 0 saturated carbocycles. The maximum Gasteiger partial charge on any atom is 0.314 e. The van der Waals surface area contributed by atoms with Gasteiger partial charge in [-0.15, -0.1) is 0 Å². The van der Waals surface area contributed by atoms with E-state index in [-0.39, 0.29) is 32.1 Å². The fourth-order valence-corrected chi connectivity index (χ4v) is 2.08. The van der Waals surface area contributed by atoms with E-state index in [0.717, 1.165) is 0 Å². The van der Waals surface area contributed by atoms with Gasteiger partial charge in [0, 0.05) is 6.42 Å². The Morgan fingerprint density at radius 2 is 1.81 bits per heavy atom. The Bertz CT molecular complexity index is 337. The smallest absolute Gasteiger partial charge is 0.314 e. The van der Waals surface area contributed by atoms with Gasteiger partial charge in [0.25, 0.3) is 0 Å². The molecule has 0 fully saturated rings. The monoisotopic (exact) mass is 303 g/mol. The Kier molecular flexibility index (Phi) is 8.51. The zero-order chi connectivity index (χ0) is 16.5. The fraction of sp³-hybridized carbons (Fsp3) is 0.867. The van der Waals surface area contributed by atoms with Gasteiger partial charge in [-0.2, -0.15) is 0 Å². The summed E-state index contributed by atoms with van der Waals surface area (Å²) in [5.74, 6) is -0.770. The molecular formula is C15H29NO5. The van der Waals surface area contributed by atoms with Crippen LogP contribution in [-0.4, -0.2) is 42.4 Å². The molecule has 124 valence electrons. The van der Waals surface area contributed by atoms with Gasteiger partial charge in [-0.05, 0) is 53.5 Å². The van der Waals surface area contributed by atoms with E-state index < -0.39 is 17.0 Å². The standard InChI is InChI=1S/C15H29NO5/c1-5-20-13(19)15(11-17,9-10-16)8-6-7-12(18)21-14(2,3)4/h17H,5-11,16H2,1-4H3. The van der Waals surface area contributed by atoms with Gasteiger partial charge in [-0.1, -0.05) is 0 Å². The summed E-state index contributed by atoms with van der Waals surface area (Å²) in [6.45, 7) is 7.30. The summed E-state index contributed by atoms with van der Waals surface area (Å²) in [5, 5.41) is 9.58. The number of carbonyl (C=O) groups is 2. The molecule has 0 rings (SSSR count). The molecule has 0 aromatic rings. The van der Waals surface area contributed by atoms with Crippen LogP contribution in [0.1, 0.15) is 53.4 Å². The SMILES string of the molecule is CCOC(=O)C(CO)(CCN)CCCC(=O)OC(C)(C)C. The summed E-state index contributed by atoms with van der Waals surface area (Å²) >= 11 is 0. The van der Waals surface area contributed by atoms with E-state index in [1.54, 1.807) is 27.7 Å². The first-order chi connectivity index (χ1) is 9.70. The minimum absolute atomic E-state index is 0.197. The molecule has 6 heteroatoms. The van der Waals surface area contributed by atoms with Crippen molar-refractivity contribution in [2.75, 3.05) is 19.8 Å². The predicted octanol–water partition coefficient (Wildman–Crippen LogP) is 1.39. The molecule has 6 nitrogen and oxygen atoms in total. The van der Waals surface area contributed by atoms with Gasteiger partial charge < -0.3 is 20.3 Å². The molecule has 1 atom stereocenters. The van der Waals surface area contributed by atoms with Crippen LogP contribution in [0.15, 0.2) is 0 Å². The number of rotatable bonds is 9. The number of aliphatic hydroxyl groups excluding tert-OH is 1. The summed E-state index contributed by atoms with van der Waals surface area (Å²) in [6.07, 6.45) is 1.31. The van der Waals surface area contributed by atoms with Crippen LogP contribution in [0.4, 0.5) is 0 Å². The summed E-state index contributed by atoms with van der Waals surface area (Å²) in [7, 11) is 0. The first kappa shape index (κ1) is 19.9. The van der Waals surface area contributed by atoms with E-state index in [0.29, 0.717) is 19.3 Å². The second kappa shape index (κ2) is 9.00. The predicted molar refractivity (Wildman–Crippen MR) is 79.5 cm³/mol. The number of carbonyl (C=O) groups excluding carboxylic acids is 2. The van der Waals surface area contributed by atoms with E-state index in [4.69, 9.17) is 15.2 Å². The lowest BCUT2D eigenvalue weighted by Gasteiger charge is -2.29. The van der Waals surface area contributed by atoms with Gasteiger partial charge in [0.2, 0.25) is 0 Å². The van der Waals surface area contributed by atoms with E-state index >= 15 is 0 Å². The molecule has 0 radical (unpaired) electrons. The van der Waals surface area contributed by atoms with Gasteiger partial charge in [-0.25, -0.2) is 0 Å². The Labute approximate surface area is 127 Å². The van der Waals surface area contributed by atoms with E-state index in [9.17, 15) is 14.7 Å². The molecular weight excluding hydrogens is 274 g/mol. The van der Waals surface area contributed by atoms with Crippen LogP contribution in [0.25, 0.3) is 0 Å². The quantitative estimate of drug-likeness (QED) is 0.624. The molecule has 0 spiro atoms. The van der Waals surface area contributed by atoms with Crippen LogP contribution < -0.4 is 5.73 Å². The van der Waals surface area contributed by atoms with Gasteiger partial charge in [0.15, 0.2) is 0 Å². The second-order valence-electron chi connectivity index (χ2n) is 6.14. The van der Waals surface area contributed by atoms with Crippen molar-refractivity contribution in [3.05, 3.63) is 0 Å². The van der Waals surface area contributed by atoms with Crippen molar-refractivity contribution in [3.8, 4) is 0 Å². The maximum atomic E-state index is 12.0. The van der Waals surface area contributed by atoms with Crippen LogP contribution in [0.5, 0.6) is 0 Å². The minimum atomic E-state index is -1.02. The molecule has 0 aliphatic carbocycles. The molecule has 0 saturated heterocycles. The number of hydrogen-bond acceptors (Lipinski definition) is 6. The first-order valence-electron chi connectivity index (χ1n) is 7.41. The number of hydrogen-bond donors (Lipinski definition) is 2. The summed E-state index contributed by atoms with van der Waals surface area (Å²) in [6, 6.07) is 0. The zero-order valence-electron chi connectivity index (χ0n) is 13.6. The van der Waals surface area contributed by atoms with Gasteiger partial charge in [0.05, 0.1) is 18.6 Å². The van der Waals surface area contributed by atoms with Gasteiger partial charge >= 0.3 is 11.9 Å². The van der Waals surface area contributed by atoms with E-state index in [2.05, 4.69) is 0 Å². The molecule has 0 heterocycles. The zero-order valence-corrected chi connectivity index (χ0v) is 13.6. The van der Waals surface area contributed by atoms with Crippen molar-refractivity contribution in [1.29, 1.82) is 0 Å². The van der Waals surface area contributed by atoms with E-state index in [1.807, 2.05) is 0 Å². The fourth-order valence-electron chi connectivity index (χ4n) is 2.08. The summed E-state index contributed by atoms with van der Waals surface area (Å²) < 4.78 is 10.2. The molecule has 0 amide bonds. The average Bonchev–Trinajstić information content (AvgIpc) is 2.35. The Hall–Kier alpha value is -1.14. The molecule has 0 aliphatic heterocycles. The van der Waals surface area contributed by atoms with Crippen molar-refractivity contribution in [1.82, 2.24) is 0 Å². The lowest BCUT2D eigenvalue weighted by molar-refractivity contribution is -0.161. The Morgan fingerprint density at radius 1 is 1.19 bits per heavy atom. The molecule has 0 bridgehead atoms. The maximum absolute atomic E-state index is 12.0. The van der Waals surface area contributed by atoms with Crippen LogP contribution >= 0.6 is 0 Å². The first-order valence-corrected chi connectivity index (χ1v) is 7.41. The molecule has 0 aliphatic rings. The summed E-state index contributed by atoms with van der Waals surface area (Å²) in [4.78, 5) is 23.7. The van der Waals surface area contributed by atoms with Crippen molar-refractivity contribution in [2.24, 2.45) is 11.1 Å². The highest BCUT2D eigenvalue weighted by Crippen LogP contribution is 2.30. The largest absolute Gasteiger partial charge is 0.465 e. The van der Waals surface area contributed by atoms with Gasteiger partial charge in [-0.3, -0.25) is 9.59 Å². The lowest BCUT2D eigenvalue weighted by atomic mass is 9.80. The van der Waals surface area contributed by atoms with Crippen molar-refractivity contribution < 1.29 is 24.2 Å². The van der Waals surface area contributed by atoms with Crippen LogP contribution in [-0.2, 0) is 19.1 Å². The normalized spacial score (nSPS) is 14.4. The Balaban J connectivity index is 4.56. The van der Waals surface area contributed by atoms with Crippen molar-refractivity contribution in [3.63, 3.8) is 0 Å². The van der Waals surface area contributed by atoms with Crippen molar-refractivity contribution in [2.45, 2.75) is 59.0 Å². The van der Waals surface area contributed by atoms with Crippen LogP contribution in [0.2, 0.25) is 0 Å². The van der Waals surface area contributed by atoms with Crippen LogP contribution in [0.3, 0.4) is 0 Å². The average molecular weight is 303 g/mol. The third kappa shape index (κ3) is 7.43. The number of aliphatic hydroxyl groups is 1. The highest BCUT2D eigenvalue weighted by atomic mass is 16.6.